The molecule has 0 aliphatic carbocycles. The Kier molecular flexibility index (Phi) is 5.31. The second-order valence-electron chi connectivity index (χ2n) is 4.89. The number of anilines is 1. The molecule has 0 aliphatic rings. The number of carbonyl (C=O) groups is 1. The van der Waals surface area contributed by atoms with E-state index in [1.165, 1.54) is 44.4 Å². The highest BCUT2D eigenvalue weighted by Gasteiger charge is 2.19. The van der Waals surface area contributed by atoms with Crippen LogP contribution in [0.2, 0.25) is 10.0 Å². The molecule has 1 N–H and O–H groups in total. The minimum Gasteiger partial charge on any atom is -0.321 e. The molecule has 0 fully saturated rings. The van der Waals surface area contributed by atoms with Crippen LogP contribution in [0.4, 0.5) is 5.69 Å². The fourth-order valence-corrected chi connectivity index (χ4v) is 3.20. The summed E-state index contributed by atoms with van der Waals surface area (Å²) in [5.74, 6) is -0.468. The van der Waals surface area contributed by atoms with E-state index in [4.69, 9.17) is 23.2 Å². The third-order valence-electron chi connectivity index (χ3n) is 3.05. The monoisotopic (exact) mass is 372 g/mol. The van der Waals surface area contributed by atoms with Crippen LogP contribution in [0.3, 0.4) is 0 Å². The fraction of sp³-hybridized carbons (Fsp3) is 0.133. The van der Waals surface area contributed by atoms with E-state index < -0.39 is 15.9 Å². The molecule has 2 aromatic rings. The molecular weight excluding hydrogens is 359 g/mol. The third kappa shape index (κ3) is 4.03. The zero-order valence-corrected chi connectivity index (χ0v) is 14.7. The normalized spacial score (nSPS) is 11.5. The van der Waals surface area contributed by atoms with Gasteiger partial charge in [-0.05, 0) is 36.4 Å². The molecule has 0 radical (unpaired) electrons. The van der Waals surface area contributed by atoms with Crippen molar-refractivity contribution in [3.63, 3.8) is 0 Å². The van der Waals surface area contributed by atoms with Crippen molar-refractivity contribution in [2.24, 2.45) is 0 Å². The van der Waals surface area contributed by atoms with Gasteiger partial charge in [0.15, 0.2) is 0 Å². The molecule has 0 heterocycles. The first-order valence-corrected chi connectivity index (χ1v) is 8.70. The first-order valence-electron chi connectivity index (χ1n) is 6.51. The molecule has 23 heavy (non-hydrogen) atoms. The second kappa shape index (κ2) is 6.88. The van der Waals surface area contributed by atoms with Crippen LogP contribution in [0.15, 0.2) is 47.4 Å². The zero-order chi connectivity index (χ0) is 17.2. The van der Waals surface area contributed by atoms with Crippen LogP contribution in [0.5, 0.6) is 0 Å². The van der Waals surface area contributed by atoms with Crippen LogP contribution in [-0.4, -0.2) is 32.7 Å². The van der Waals surface area contributed by atoms with E-state index >= 15 is 0 Å². The zero-order valence-electron chi connectivity index (χ0n) is 12.4. The number of carbonyl (C=O) groups excluding carboxylic acids is 1. The van der Waals surface area contributed by atoms with Gasteiger partial charge >= 0.3 is 0 Å². The molecule has 1 amide bonds. The van der Waals surface area contributed by atoms with Gasteiger partial charge in [-0.3, -0.25) is 4.79 Å². The Balaban J connectivity index is 2.30. The maximum atomic E-state index is 12.3. The molecular formula is C15H14Cl2N2O3S. The predicted octanol–water partition coefficient (Wildman–Crippen LogP) is 3.50. The van der Waals surface area contributed by atoms with E-state index in [9.17, 15) is 13.2 Å². The van der Waals surface area contributed by atoms with E-state index in [0.29, 0.717) is 15.7 Å². The highest BCUT2D eigenvalue weighted by Crippen LogP contribution is 2.26. The Morgan fingerprint density at radius 1 is 1.09 bits per heavy atom. The van der Waals surface area contributed by atoms with Crippen molar-refractivity contribution in [1.29, 1.82) is 0 Å². The summed E-state index contributed by atoms with van der Waals surface area (Å²) in [7, 11) is -0.757. The lowest BCUT2D eigenvalue weighted by molar-refractivity contribution is 0.102. The Hall–Kier alpha value is -1.60. The lowest BCUT2D eigenvalue weighted by Gasteiger charge is -2.12. The number of sulfonamides is 1. The number of rotatable bonds is 4. The number of nitrogens with zero attached hydrogens (tertiary/aromatic N) is 1. The third-order valence-corrected chi connectivity index (χ3v) is 5.41. The summed E-state index contributed by atoms with van der Waals surface area (Å²) in [5.41, 5.74) is 0.598. The maximum absolute atomic E-state index is 12.3. The summed E-state index contributed by atoms with van der Waals surface area (Å²) >= 11 is 11.8. The Morgan fingerprint density at radius 2 is 1.78 bits per heavy atom. The largest absolute Gasteiger partial charge is 0.321 e. The number of hydrogen-bond donors (Lipinski definition) is 1. The number of benzene rings is 2. The van der Waals surface area contributed by atoms with Gasteiger partial charge in [0.25, 0.3) is 5.91 Å². The lowest BCUT2D eigenvalue weighted by atomic mass is 10.2. The topological polar surface area (TPSA) is 66.5 Å². The molecule has 0 aliphatic heterocycles. The molecule has 0 aromatic heterocycles. The van der Waals surface area contributed by atoms with Gasteiger partial charge in [-0.15, -0.1) is 0 Å². The molecule has 0 unspecified atom stereocenters. The predicted molar refractivity (Wildman–Crippen MR) is 91.7 cm³/mol. The van der Waals surface area contributed by atoms with Gasteiger partial charge in [0.2, 0.25) is 10.0 Å². The highest BCUT2D eigenvalue weighted by molar-refractivity contribution is 7.89. The molecule has 5 nitrogen and oxygen atoms in total. The first kappa shape index (κ1) is 17.7. The first-order chi connectivity index (χ1) is 10.7. The number of amides is 1. The van der Waals surface area contributed by atoms with Crippen molar-refractivity contribution < 1.29 is 13.2 Å². The van der Waals surface area contributed by atoms with Crippen molar-refractivity contribution >= 4 is 44.8 Å². The average Bonchev–Trinajstić information content (AvgIpc) is 2.50. The quantitative estimate of drug-likeness (QED) is 0.892. The van der Waals surface area contributed by atoms with Gasteiger partial charge in [0.1, 0.15) is 0 Å². The van der Waals surface area contributed by atoms with Gasteiger partial charge in [-0.2, -0.15) is 0 Å². The molecule has 2 aromatic carbocycles. The van der Waals surface area contributed by atoms with E-state index in [-0.39, 0.29) is 10.5 Å². The van der Waals surface area contributed by atoms with Gasteiger partial charge < -0.3 is 5.32 Å². The van der Waals surface area contributed by atoms with Crippen LogP contribution < -0.4 is 5.32 Å². The number of halogens is 2. The number of hydrogen-bond acceptors (Lipinski definition) is 3. The molecule has 0 spiro atoms. The van der Waals surface area contributed by atoms with E-state index in [1.54, 1.807) is 12.1 Å². The van der Waals surface area contributed by atoms with Crippen LogP contribution in [0, 0.1) is 0 Å². The molecule has 0 bridgehead atoms. The van der Waals surface area contributed by atoms with E-state index in [0.717, 1.165) is 4.31 Å². The van der Waals surface area contributed by atoms with E-state index in [2.05, 4.69) is 5.32 Å². The van der Waals surface area contributed by atoms with Crippen molar-refractivity contribution in [1.82, 2.24) is 4.31 Å². The lowest BCUT2D eigenvalue weighted by Crippen LogP contribution is -2.22. The summed E-state index contributed by atoms with van der Waals surface area (Å²) < 4.78 is 25.3. The minimum atomic E-state index is -3.61. The van der Waals surface area contributed by atoms with Crippen molar-refractivity contribution in [3.8, 4) is 0 Å². The molecule has 0 atom stereocenters. The molecule has 0 saturated heterocycles. The van der Waals surface area contributed by atoms with Crippen LogP contribution in [0.25, 0.3) is 0 Å². The SMILES string of the molecule is CN(C)S(=O)(=O)c1cccc(C(=O)Nc2ccc(Cl)cc2Cl)c1. The van der Waals surface area contributed by atoms with Gasteiger partial charge in [0, 0.05) is 24.7 Å². The summed E-state index contributed by atoms with van der Waals surface area (Å²) in [5, 5.41) is 3.37. The smallest absolute Gasteiger partial charge is 0.255 e. The Labute approximate surface area is 144 Å². The number of nitrogens with one attached hydrogen (secondary N) is 1. The molecule has 8 heteroatoms. The van der Waals surface area contributed by atoms with Gasteiger partial charge in [0.05, 0.1) is 15.6 Å². The summed E-state index contributed by atoms with van der Waals surface area (Å²) in [6, 6.07) is 10.4. The average molecular weight is 373 g/mol. The van der Waals surface area contributed by atoms with Crippen molar-refractivity contribution in [2.75, 3.05) is 19.4 Å². The molecule has 2 rings (SSSR count). The summed E-state index contributed by atoms with van der Waals surface area (Å²) in [6.07, 6.45) is 0. The van der Waals surface area contributed by atoms with E-state index in [1.807, 2.05) is 0 Å². The summed E-state index contributed by atoms with van der Waals surface area (Å²) in [6.45, 7) is 0. The minimum absolute atomic E-state index is 0.0392. The highest BCUT2D eigenvalue weighted by atomic mass is 35.5. The summed E-state index contributed by atoms with van der Waals surface area (Å²) in [4.78, 5) is 12.3. The van der Waals surface area contributed by atoms with Crippen LogP contribution >= 0.6 is 23.2 Å². The van der Waals surface area contributed by atoms with Gasteiger partial charge in [-0.1, -0.05) is 29.3 Å². The standard InChI is InChI=1S/C15H14Cl2N2O3S/c1-19(2)23(21,22)12-5-3-4-10(8-12)15(20)18-14-7-6-11(16)9-13(14)17/h3-9H,1-2H3,(H,18,20). The molecule has 0 saturated carbocycles. The van der Waals surface area contributed by atoms with Crippen molar-refractivity contribution in [2.45, 2.75) is 4.90 Å². The van der Waals surface area contributed by atoms with Crippen molar-refractivity contribution in [3.05, 3.63) is 58.1 Å². The maximum Gasteiger partial charge on any atom is 0.255 e. The fourth-order valence-electron chi connectivity index (χ4n) is 1.79. The second-order valence-corrected chi connectivity index (χ2v) is 7.89. The molecule has 122 valence electrons. The Bertz CT molecular complexity index is 852. The van der Waals surface area contributed by atoms with Crippen LogP contribution in [-0.2, 0) is 10.0 Å². The van der Waals surface area contributed by atoms with Gasteiger partial charge in [-0.25, -0.2) is 12.7 Å². The van der Waals surface area contributed by atoms with Crippen LogP contribution in [0.1, 0.15) is 10.4 Å². The Morgan fingerprint density at radius 3 is 2.39 bits per heavy atom.